The molecule has 0 spiro atoms. The van der Waals surface area contributed by atoms with E-state index in [4.69, 9.17) is 9.47 Å². The van der Waals surface area contributed by atoms with Crippen molar-refractivity contribution in [3.63, 3.8) is 0 Å². The van der Waals surface area contributed by atoms with E-state index in [9.17, 15) is 9.59 Å². The Morgan fingerprint density at radius 2 is 1.71 bits per heavy atom. The molecule has 0 aliphatic heterocycles. The van der Waals surface area contributed by atoms with Gasteiger partial charge in [-0.15, -0.1) is 0 Å². The first kappa shape index (κ1) is 12.8. The normalized spacial score (nSPS) is 9.29. The largest absolute Gasteiger partial charge is 0.513 e. The fraction of sp³-hybridized carbons (Fsp3) is 0.273. The average molecular weight is 240 g/mol. The second kappa shape index (κ2) is 6.37. The summed E-state index contributed by atoms with van der Waals surface area (Å²) in [5.74, 6) is 0.420. The predicted octanol–water partition coefficient (Wildman–Crippen LogP) is 2.37. The van der Waals surface area contributed by atoms with E-state index in [1.54, 1.807) is 13.0 Å². The van der Waals surface area contributed by atoms with Crippen LogP contribution in [0.15, 0.2) is 24.3 Å². The Bertz CT molecular complexity index is 401. The quantitative estimate of drug-likeness (QED) is 0.596. The van der Waals surface area contributed by atoms with Gasteiger partial charge in [0.1, 0.15) is 11.5 Å². The summed E-state index contributed by atoms with van der Waals surface area (Å²) in [6, 6.07) is 5.98. The van der Waals surface area contributed by atoms with Crippen LogP contribution >= 0.6 is 0 Å². The molecule has 0 saturated heterocycles. The van der Waals surface area contributed by atoms with Gasteiger partial charge in [0.05, 0.1) is 13.7 Å². The molecule has 0 aromatic heterocycles. The van der Waals surface area contributed by atoms with Crippen LogP contribution < -0.4 is 9.47 Å². The number of ether oxygens (including phenoxy) is 4. The fourth-order valence-electron chi connectivity index (χ4n) is 0.983. The number of benzene rings is 1. The van der Waals surface area contributed by atoms with Crippen LogP contribution in [0.25, 0.3) is 0 Å². The van der Waals surface area contributed by atoms with E-state index in [-0.39, 0.29) is 18.1 Å². The molecule has 6 heteroatoms. The van der Waals surface area contributed by atoms with Gasteiger partial charge in [-0.1, -0.05) is 6.07 Å². The Balaban J connectivity index is 2.65. The van der Waals surface area contributed by atoms with Crippen LogP contribution in [0.4, 0.5) is 9.59 Å². The zero-order valence-corrected chi connectivity index (χ0v) is 9.47. The lowest BCUT2D eigenvalue weighted by atomic mass is 10.3. The van der Waals surface area contributed by atoms with Crippen LogP contribution in [0.2, 0.25) is 0 Å². The minimum absolute atomic E-state index is 0.207. The lowest BCUT2D eigenvalue weighted by Crippen LogP contribution is -2.10. The molecule has 1 aromatic rings. The highest BCUT2D eigenvalue weighted by Gasteiger charge is 2.08. The maximum atomic E-state index is 11.0. The van der Waals surface area contributed by atoms with Crippen LogP contribution in [0, 0.1) is 0 Å². The number of carbonyl (C=O) groups is 2. The summed E-state index contributed by atoms with van der Waals surface area (Å²) in [6.07, 6.45) is -1.67. The lowest BCUT2D eigenvalue weighted by Gasteiger charge is -2.06. The van der Waals surface area contributed by atoms with Crippen molar-refractivity contribution >= 4 is 12.3 Å². The maximum absolute atomic E-state index is 11.0. The number of carbonyl (C=O) groups excluding carboxylic acids is 2. The fourth-order valence-corrected chi connectivity index (χ4v) is 0.983. The van der Waals surface area contributed by atoms with Gasteiger partial charge in [0, 0.05) is 6.07 Å². The minimum Gasteiger partial charge on any atom is -0.437 e. The third-order valence-electron chi connectivity index (χ3n) is 1.64. The van der Waals surface area contributed by atoms with E-state index in [1.165, 1.54) is 25.3 Å². The first-order valence-electron chi connectivity index (χ1n) is 4.86. The monoisotopic (exact) mass is 240 g/mol. The van der Waals surface area contributed by atoms with Crippen molar-refractivity contribution in [2.75, 3.05) is 13.7 Å². The minimum atomic E-state index is -0.849. The van der Waals surface area contributed by atoms with Crippen LogP contribution in [-0.4, -0.2) is 26.0 Å². The summed E-state index contributed by atoms with van der Waals surface area (Å²) in [7, 11) is 1.20. The molecular formula is C11H12O6. The molecule has 0 N–H and O–H groups in total. The standard InChI is InChI=1S/C11H12O6/c1-3-15-11(13)17-9-6-4-5-8(7-9)16-10(12)14-2/h4-7H,3H2,1-2H3. The molecule has 0 unspecified atom stereocenters. The van der Waals surface area contributed by atoms with Crippen molar-refractivity contribution in [1.82, 2.24) is 0 Å². The van der Waals surface area contributed by atoms with E-state index < -0.39 is 12.3 Å². The topological polar surface area (TPSA) is 71.1 Å². The molecule has 0 radical (unpaired) electrons. The number of hydrogen-bond donors (Lipinski definition) is 0. The maximum Gasteiger partial charge on any atom is 0.513 e. The number of hydrogen-bond acceptors (Lipinski definition) is 6. The molecule has 1 rings (SSSR count). The summed E-state index contributed by atoms with van der Waals surface area (Å²) in [5.41, 5.74) is 0. The molecule has 1 aromatic carbocycles. The Kier molecular flexibility index (Phi) is 4.80. The van der Waals surface area contributed by atoms with Gasteiger partial charge >= 0.3 is 12.3 Å². The number of methoxy groups -OCH3 is 1. The van der Waals surface area contributed by atoms with Gasteiger partial charge in [0.15, 0.2) is 0 Å². The summed E-state index contributed by atoms with van der Waals surface area (Å²) < 4.78 is 18.5. The third kappa shape index (κ3) is 4.42. The molecule has 0 heterocycles. The van der Waals surface area contributed by atoms with E-state index >= 15 is 0 Å². The summed E-state index contributed by atoms with van der Waals surface area (Å²) in [4.78, 5) is 21.9. The van der Waals surface area contributed by atoms with Crippen molar-refractivity contribution in [3.05, 3.63) is 24.3 Å². The summed E-state index contributed by atoms with van der Waals surface area (Å²) in [6.45, 7) is 1.88. The van der Waals surface area contributed by atoms with Crippen molar-refractivity contribution < 1.29 is 28.5 Å². The van der Waals surface area contributed by atoms with Crippen molar-refractivity contribution in [3.8, 4) is 11.5 Å². The van der Waals surface area contributed by atoms with Gasteiger partial charge in [-0.05, 0) is 19.1 Å². The van der Waals surface area contributed by atoms with E-state index in [2.05, 4.69) is 9.47 Å². The SMILES string of the molecule is CCOC(=O)Oc1cccc(OC(=O)OC)c1. The van der Waals surface area contributed by atoms with Gasteiger partial charge in [0.2, 0.25) is 0 Å². The van der Waals surface area contributed by atoms with Crippen molar-refractivity contribution in [2.24, 2.45) is 0 Å². The Labute approximate surface area is 98.0 Å². The highest BCUT2D eigenvalue weighted by atomic mass is 16.7. The summed E-state index contributed by atoms with van der Waals surface area (Å²) in [5, 5.41) is 0. The zero-order chi connectivity index (χ0) is 12.7. The second-order valence-electron chi connectivity index (χ2n) is 2.82. The predicted molar refractivity (Wildman–Crippen MR) is 57.1 cm³/mol. The molecule has 0 aliphatic rings. The van der Waals surface area contributed by atoms with Gasteiger partial charge < -0.3 is 18.9 Å². The molecule has 92 valence electrons. The molecule has 17 heavy (non-hydrogen) atoms. The molecule has 0 aliphatic carbocycles. The van der Waals surface area contributed by atoms with E-state index in [0.717, 1.165) is 0 Å². The summed E-state index contributed by atoms with van der Waals surface area (Å²) >= 11 is 0. The lowest BCUT2D eigenvalue weighted by molar-refractivity contribution is 0.104. The number of rotatable bonds is 3. The van der Waals surface area contributed by atoms with Gasteiger partial charge in [-0.25, -0.2) is 9.59 Å². The first-order valence-corrected chi connectivity index (χ1v) is 4.86. The Morgan fingerprint density at radius 1 is 1.12 bits per heavy atom. The molecule has 6 nitrogen and oxygen atoms in total. The smallest absolute Gasteiger partial charge is 0.437 e. The van der Waals surface area contributed by atoms with Crippen LogP contribution in [-0.2, 0) is 9.47 Å². The van der Waals surface area contributed by atoms with Crippen LogP contribution in [0.5, 0.6) is 11.5 Å². The van der Waals surface area contributed by atoms with Crippen molar-refractivity contribution in [2.45, 2.75) is 6.92 Å². The molecule has 0 saturated carbocycles. The average Bonchev–Trinajstić information content (AvgIpc) is 2.29. The highest BCUT2D eigenvalue weighted by molar-refractivity contribution is 5.65. The molecule has 0 atom stereocenters. The first-order chi connectivity index (χ1) is 8.15. The molecule has 0 fully saturated rings. The molecule has 0 amide bonds. The highest BCUT2D eigenvalue weighted by Crippen LogP contribution is 2.20. The zero-order valence-electron chi connectivity index (χ0n) is 9.47. The van der Waals surface area contributed by atoms with Gasteiger partial charge in [-0.2, -0.15) is 0 Å². The van der Waals surface area contributed by atoms with Gasteiger partial charge in [-0.3, -0.25) is 0 Å². The van der Waals surface area contributed by atoms with Crippen LogP contribution in [0.1, 0.15) is 6.92 Å². The van der Waals surface area contributed by atoms with E-state index in [1.807, 2.05) is 0 Å². The Hall–Kier alpha value is -2.24. The van der Waals surface area contributed by atoms with Crippen molar-refractivity contribution in [1.29, 1.82) is 0 Å². The second-order valence-corrected chi connectivity index (χ2v) is 2.82. The van der Waals surface area contributed by atoms with Crippen LogP contribution in [0.3, 0.4) is 0 Å². The molecule has 0 bridgehead atoms. The Morgan fingerprint density at radius 3 is 2.24 bits per heavy atom. The third-order valence-corrected chi connectivity index (χ3v) is 1.64. The van der Waals surface area contributed by atoms with Gasteiger partial charge in [0.25, 0.3) is 0 Å². The van der Waals surface area contributed by atoms with E-state index in [0.29, 0.717) is 0 Å². The molecular weight excluding hydrogens is 228 g/mol.